The fourth-order valence-corrected chi connectivity index (χ4v) is 3.57. The third-order valence-corrected chi connectivity index (χ3v) is 4.90. The lowest BCUT2D eigenvalue weighted by molar-refractivity contribution is 0.273. The molecular formula is C22H29ClN4O. The van der Waals surface area contributed by atoms with Crippen molar-refractivity contribution in [3.8, 4) is 0 Å². The van der Waals surface area contributed by atoms with E-state index in [1.807, 2.05) is 25.1 Å². The Balaban J connectivity index is 2.25. The number of halogens is 1. The number of fused-ring (bicyclic) bond motifs is 1. The van der Waals surface area contributed by atoms with Crippen LogP contribution in [0.4, 0.5) is 0 Å². The molecule has 28 heavy (non-hydrogen) atoms. The van der Waals surface area contributed by atoms with Gasteiger partial charge in [0.1, 0.15) is 0 Å². The molecule has 0 aromatic carbocycles. The van der Waals surface area contributed by atoms with Crippen molar-refractivity contribution in [3.63, 3.8) is 0 Å². The van der Waals surface area contributed by atoms with Crippen LogP contribution in [0.25, 0.3) is 0 Å². The molecule has 1 aromatic heterocycles. The van der Waals surface area contributed by atoms with Crippen molar-refractivity contribution in [1.82, 2.24) is 19.6 Å². The summed E-state index contributed by atoms with van der Waals surface area (Å²) in [6.07, 6.45) is 7.86. The van der Waals surface area contributed by atoms with Gasteiger partial charge in [-0.15, -0.1) is 0 Å². The summed E-state index contributed by atoms with van der Waals surface area (Å²) in [6, 6.07) is 0. The summed E-state index contributed by atoms with van der Waals surface area (Å²) in [7, 11) is 3.89. The SMILES string of the molecule is C=C/C(Cn1[nH]c2c(c1=O)CCN(C/C(C=C)=C/C(=C)Cl)C2)=C(\C=C)N(C)C. The zero-order valence-electron chi connectivity index (χ0n) is 16.8. The number of hydrogen-bond donors (Lipinski definition) is 1. The number of H-pyrrole nitrogens is 1. The molecule has 2 rings (SSSR count). The number of rotatable bonds is 9. The Morgan fingerprint density at radius 1 is 1.21 bits per heavy atom. The molecule has 0 bridgehead atoms. The van der Waals surface area contributed by atoms with Crippen LogP contribution in [0.1, 0.15) is 11.3 Å². The van der Waals surface area contributed by atoms with Crippen LogP contribution >= 0.6 is 11.6 Å². The average molecular weight is 401 g/mol. The van der Waals surface area contributed by atoms with Gasteiger partial charge in [0.2, 0.25) is 0 Å². The normalized spacial score (nSPS) is 15.5. The van der Waals surface area contributed by atoms with Gasteiger partial charge in [-0.05, 0) is 29.7 Å². The molecule has 1 aromatic rings. The Labute approximate surface area is 172 Å². The predicted molar refractivity (Wildman–Crippen MR) is 118 cm³/mol. The van der Waals surface area contributed by atoms with Crippen LogP contribution in [0.15, 0.2) is 77.3 Å². The van der Waals surface area contributed by atoms with E-state index in [0.717, 1.165) is 34.6 Å². The molecule has 0 amide bonds. The summed E-state index contributed by atoms with van der Waals surface area (Å²) in [4.78, 5) is 17.1. The van der Waals surface area contributed by atoms with Gasteiger partial charge in [0.25, 0.3) is 5.56 Å². The van der Waals surface area contributed by atoms with Crippen molar-refractivity contribution < 1.29 is 0 Å². The highest BCUT2D eigenvalue weighted by Crippen LogP contribution is 2.18. The van der Waals surface area contributed by atoms with Crippen molar-refractivity contribution in [3.05, 3.63) is 94.1 Å². The molecule has 0 saturated carbocycles. The first-order valence-electron chi connectivity index (χ1n) is 9.16. The lowest BCUT2D eigenvalue weighted by atomic mass is 10.1. The second-order valence-electron chi connectivity index (χ2n) is 7.00. The smallest absolute Gasteiger partial charge is 0.270 e. The molecule has 0 spiro atoms. The summed E-state index contributed by atoms with van der Waals surface area (Å²) >= 11 is 5.89. The largest absolute Gasteiger partial charge is 0.377 e. The van der Waals surface area contributed by atoms with Crippen LogP contribution in [0.3, 0.4) is 0 Å². The van der Waals surface area contributed by atoms with Crippen LogP contribution < -0.4 is 5.56 Å². The summed E-state index contributed by atoms with van der Waals surface area (Å²) in [5.41, 5.74) is 4.73. The highest BCUT2D eigenvalue weighted by Gasteiger charge is 2.23. The molecular weight excluding hydrogens is 372 g/mol. The van der Waals surface area contributed by atoms with Crippen molar-refractivity contribution >= 4 is 11.6 Å². The minimum atomic E-state index is 0.0322. The molecule has 1 aliphatic heterocycles. The van der Waals surface area contributed by atoms with Gasteiger partial charge in [-0.1, -0.05) is 50.1 Å². The Hall–Kier alpha value is -2.50. The quantitative estimate of drug-likeness (QED) is 0.644. The van der Waals surface area contributed by atoms with Crippen LogP contribution in [-0.4, -0.2) is 46.8 Å². The van der Waals surface area contributed by atoms with Gasteiger partial charge in [-0.3, -0.25) is 14.8 Å². The van der Waals surface area contributed by atoms with Crippen molar-refractivity contribution in [2.75, 3.05) is 27.2 Å². The molecule has 0 saturated heterocycles. The molecule has 6 heteroatoms. The van der Waals surface area contributed by atoms with Crippen molar-refractivity contribution in [2.24, 2.45) is 0 Å². The summed E-state index contributed by atoms with van der Waals surface area (Å²) in [5.74, 6) is 0. The number of likely N-dealkylation sites (N-methyl/N-ethyl adjacent to an activating group) is 1. The van der Waals surface area contributed by atoms with E-state index in [0.29, 0.717) is 31.1 Å². The van der Waals surface area contributed by atoms with Crippen LogP contribution in [-0.2, 0) is 19.5 Å². The lowest BCUT2D eigenvalue weighted by Gasteiger charge is -2.26. The Morgan fingerprint density at radius 3 is 2.46 bits per heavy atom. The minimum Gasteiger partial charge on any atom is -0.377 e. The highest BCUT2D eigenvalue weighted by molar-refractivity contribution is 6.30. The van der Waals surface area contributed by atoms with Gasteiger partial charge in [0.15, 0.2) is 0 Å². The number of aromatic amines is 1. The number of allylic oxidation sites excluding steroid dienone is 5. The van der Waals surface area contributed by atoms with E-state index in [2.05, 4.69) is 36.3 Å². The monoisotopic (exact) mass is 400 g/mol. The van der Waals surface area contributed by atoms with Crippen molar-refractivity contribution in [2.45, 2.75) is 19.5 Å². The first-order valence-corrected chi connectivity index (χ1v) is 9.54. The van der Waals surface area contributed by atoms with Gasteiger partial charge in [0, 0.05) is 50.0 Å². The second kappa shape index (κ2) is 9.62. The summed E-state index contributed by atoms with van der Waals surface area (Å²) in [5, 5.41) is 3.77. The Bertz CT molecular complexity index is 898. The molecule has 150 valence electrons. The van der Waals surface area contributed by atoms with Crippen molar-refractivity contribution in [1.29, 1.82) is 0 Å². The fourth-order valence-electron chi connectivity index (χ4n) is 3.43. The van der Waals surface area contributed by atoms with Gasteiger partial charge in [0.05, 0.1) is 12.2 Å². The number of nitrogens with zero attached hydrogens (tertiary/aromatic N) is 3. The molecule has 0 unspecified atom stereocenters. The van der Waals surface area contributed by atoms with Crippen LogP contribution in [0.2, 0.25) is 0 Å². The number of aromatic nitrogens is 2. The Kier molecular flexibility index (Phi) is 7.49. The average Bonchev–Trinajstić information content (AvgIpc) is 2.95. The first-order chi connectivity index (χ1) is 13.3. The predicted octanol–water partition coefficient (Wildman–Crippen LogP) is 3.59. The molecule has 1 aliphatic rings. The topological polar surface area (TPSA) is 44.3 Å². The molecule has 0 radical (unpaired) electrons. The van der Waals surface area contributed by atoms with Crippen LogP contribution in [0, 0.1) is 0 Å². The number of nitrogens with one attached hydrogen (secondary N) is 1. The third kappa shape index (κ3) is 5.06. The molecule has 5 nitrogen and oxygen atoms in total. The van der Waals surface area contributed by atoms with Crippen LogP contribution in [0.5, 0.6) is 0 Å². The third-order valence-electron chi connectivity index (χ3n) is 4.79. The maximum atomic E-state index is 12.8. The maximum Gasteiger partial charge on any atom is 0.270 e. The molecule has 2 heterocycles. The van der Waals surface area contributed by atoms with Gasteiger partial charge in [-0.25, -0.2) is 4.68 Å². The molecule has 1 N–H and O–H groups in total. The summed E-state index contributed by atoms with van der Waals surface area (Å²) in [6.45, 7) is 17.9. The molecule has 0 fully saturated rings. The standard InChI is InChI=1S/C22H29ClN4O/c1-7-17(12-16(4)23)13-26-11-10-19-20(15-26)24-27(22(19)28)14-18(8-2)21(9-3)25(5)6/h7-9,12,24H,1-4,10-11,13-15H2,5-6H3/b17-12+,21-18-. The van der Waals surface area contributed by atoms with E-state index in [-0.39, 0.29) is 5.56 Å². The molecule has 0 atom stereocenters. The first kappa shape index (κ1) is 21.8. The molecule has 0 aliphatic carbocycles. The van der Waals surface area contributed by atoms with Gasteiger partial charge < -0.3 is 4.90 Å². The van der Waals surface area contributed by atoms with E-state index in [1.54, 1.807) is 22.9 Å². The van der Waals surface area contributed by atoms with E-state index in [9.17, 15) is 4.79 Å². The maximum absolute atomic E-state index is 12.8. The fraction of sp³-hybridized carbons (Fsp3) is 0.318. The zero-order valence-corrected chi connectivity index (χ0v) is 17.6. The van der Waals surface area contributed by atoms with E-state index < -0.39 is 0 Å². The van der Waals surface area contributed by atoms with E-state index in [4.69, 9.17) is 11.6 Å². The Morgan fingerprint density at radius 2 is 1.93 bits per heavy atom. The van der Waals surface area contributed by atoms with Gasteiger partial charge in [-0.2, -0.15) is 0 Å². The zero-order chi connectivity index (χ0) is 20.8. The minimum absolute atomic E-state index is 0.0322. The number of hydrogen-bond acceptors (Lipinski definition) is 3. The second-order valence-corrected chi connectivity index (χ2v) is 7.49. The highest BCUT2D eigenvalue weighted by atomic mass is 35.5. The van der Waals surface area contributed by atoms with E-state index in [1.165, 1.54) is 0 Å². The van der Waals surface area contributed by atoms with Gasteiger partial charge >= 0.3 is 0 Å². The lowest BCUT2D eigenvalue weighted by Crippen LogP contribution is -2.33. The van der Waals surface area contributed by atoms with E-state index >= 15 is 0 Å². The summed E-state index contributed by atoms with van der Waals surface area (Å²) < 4.78 is 1.66.